The van der Waals surface area contributed by atoms with Crippen molar-refractivity contribution >= 4 is 49.4 Å². The average Bonchev–Trinajstić information content (AvgIpc) is 3.43. The molecule has 0 bridgehead atoms. The average molecular weight is 435 g/mol. The van der Waals surface area contributed by atoms with Gasteiger partial charge in [0.25, 0.3) is 15.9 Å². The molecule has 1 aliphatic rings. The highest BCUT2D eigenvalue weighted by molar-refractivity contribution is 7.92. The van der Waals surface area contributed by atoms with Crippen LogP contribution in [0.3, 0.4) is 0 Å². The molecule has 4 aromatic rings. The van der Waals surface area contributed by atoms with Gasteiger partial charge >= 0.3 is 0 Å². The fourth-order valence-corrected chi connectivity index (χ4v) is 5.49. The molecule has 5 nitrogen and oxygen atoms in total. The van der Waals surface area contributed by atoms with Crippen LogP contribution in [0, 0.1) is 0 Å². The lowest BCUT2D eigenvalue weighted by Crippen LogP contribution is -2.28. The maximum atomic E-state index is 13.0. The summed E-state index contributed by atoms with van der Waals surface area (Å²) in [4.78, 5) is 15.4. The summed E-state index contributed by atoms with van der Waals surface area (Å²) in [6.07, 6.45) is 0.754. The Morgan fingerprint density at radius 2 is 1.77 bits per heavy atom. The van der Waals surface area contributed by atoms with Crippen LogP contribution in [0.1, 0.15) is 15.2 Å². The lowest BCUT2D eigenvalue weighted by atomic mass is 10.1. The van der Waals surface area contributed by atoms with Crippen LogP contribution in [0.4, 0.5) is 11.4 Å². The molecule has 0 spiro atoms. The Balaban J connectivity index is 1.45. The molecule has 0 saturated carbocycles. The van der Waals surface area contributed by atoms with Crippen LogP contribution in [0.15, 0.2) is 83.1 Å². The van der Waals surface area contributed by atoms with Gasteiger partial charge in [0, 0.05) is 12.2 Å². The van der Waals surface area contributed by atoms with E-state index in [9.17, 15) is 13.2 Å². The first-order valence-corrected chi connectivity index (χ1v) is 11.9. The number of carbonyl (C=O) groups excluding carboxylic acids is 1. The highest BCUT2D eigenvalue weighted by Gasteiger charge is 2.27. The van der Waals surface area contributed by atoms with Gasteiger partial charge in [-0.25, -0.2) is 8.42 Å². The Hall–Kier alpha value is -3.16. The van der Waals surface area contributed by atoms with Gasteiger partial charge in [0.05, 0.1) is 15.5 Å². The molecule has 0 radical (unpaired) electrons. The predicted molar refractivity (Wildman–Crippen MR) is 121 cm³/mol. The molecule has 1 aliphatic heterocycles. The molecule has 30 heavy (non-hydrogen) atoms. The normalized spacial score (nSPS) is 13.4. The summed E-state index contributed by atoms with van der Waals surface area (Å²) < 4.78 is 28.6. The van der Waals surface area contributed by atoms with Crippen molar-refractivity contribution in [1.29, 1.82) is 0 Å². The van der Waals surface area contributed by atoms with Gasteiger partial charge in [-0.1, -0.05) is 42.5 Å². The number of rotatable bonds is 4. The number of hydrogen-bond acceptors (Lipinski definition) is 4. The van der Waals surface area contributed by atoms with E-state index in [-0.39, 0.29) is 10.8 Å². The number of hydrogen-bond donors (Lipinski definition) is 1. The molecule has 0 fully saturated rings. The van der Waals surface area contributed by atoms with E-state index in [1.54, 1.807) is 41.3 Å². The molecule has 7 heteroatoms. The zero-order valence-electron chi connectivity index (χ0n) is 15.9. The van der Waals surface area contributed by atoms with Gasteiger partial charge in [-0.3, -0.25) is 9.52 Å². The third-order valence-electron chi connectivity index (χ3n) is 5.24. The number of benzene rings is 3. The van der Waals surface area contributed by atoms with E-state index in [0.29, 0.717) is 17.1 Å². The zero-order chi connectivity index (χ0) is 20.7. The minimum absolute atomic E-state index is 0.0571. The number of carbonyl (C=O) groups is 1. The van der Waals surface area contributed by atoms with Crippen molar-refractivity contribution < 1.29 is 13.2 Å². The Morgan fingerprint density at radius 3 is 2.57 bits per heavy atom. The second-order valence-corrected chi connectivity index (χ2v) is 9.77. The van der Waals surface area contributed by atoms with E-state index >= 15 is 0 Å². The number of sulfonamides is 1. The Labute approximate surface area is 178 Å². The smallest absolute Gasteiger partial charge is 0.268 e. The van der Waals surface area contributed by atoms with Crippen molar-refractivity contribution in [2.45, 2.75) is 11.3 Å². The number of amides is 1. The van der Waals surface area contributed by atoms with Gasteiger partial charge in [0.15, 0.2) is 0 Å². The molecule has 1 N–H and O–H groups in total. The number of nitrogens with zero attached hydrogens (tertiary/aromatic N) is 1. The van der Waals surface area contributed by atoms with Crippen molar-refractivity contribution in [3.8, 4) is 0 Å². The summed E-state index contributed by atoms with van der Waals surface area (Å²) in [6.45, 7) is 0.590. The fourth-order valence-electron chi connectivity index (χ4n) is 3.74. The molecular weight excluding hydrogens is 416 g/mol. The Kier molecular flexibility index (Phi) is 4.56. The summed E-state index contributed by atoms with van der Waals surface area (Å²) in [7, 11) is -3.75. The molecule has 5 rings (SSSR count). The minimum atomic E-state index is -3.75. The summed E-state index contributed by atoms with van der Waals surface area (Å²) in [5.41, 5.74) is 2.23. The Morgan fingerprint density at radius 1 is 0.933 bits per heavy atom. The predicted octanol–water partition coefficient (Wildman–Crippen LogP) is 4.91. The largest absolute Gasteiger partial charge is 0.307 e. The van der Waals surface area contributed by atoms with Crippen LogP contribution in [-0.4, -0.2) is 20.9 Å². The van der Waals surface area contributed by atoms with E-state index in [1.807, 2.05) is 41.8 Å². The van der Waals surface area contributed by atoms with E-state index in [0.717, 1.165) is 28.4 Å². The number of nitrogens with one attached hydrogen (secondary N) is 1. The molecule has 3 aromatic carbocycles. The zero-order valence-corrected chi connectivity index (χ0v) is 17.5. The lowest BCUT2D eigenvalue weighted by molar-refractivity contribution is 0.0993. The summed E-state index contributed by atoms with van der Waals surface area (Å²) >= 11 is 1.40. The maximum Gasteiger partial charge on any atom is 0.268 e. The number of anilines is 2. The fraction of sp³-hybridized carbons (Fsp3) is 0.0870. The molecule has 1 aromatic heterocycles. The topological polar surface area (TPSA) is 66.5 Å². The minimum Gasteiger partial charge on any atom is -0.307 e. The monoisotopic (exact) mass is 434 g/mol. The summed E-state index contributed by atoms with van der Waals surface area (Å²) in [5, 5.41) is 3.72. The quantitative estimate of drug-likeness (QED) is 0.497. The first-order chi connectivity index (χ1) is 14.5. The van der Waals surface area contributed by atoms with Crippen LogP contribution < -0.4 is 9.62 Å². The highest BCUT2D eigenvalue weighted by Crippen LogP contribution is 2.33. The molecule has 0 aliphatic carbocycles. The van der Waals surface area contributed by atoms with Crippen LogP contribution in [0.25, 0.3) is 10.8 Å². The second-order valence-electron chi connectivity index (χ2n) is 7.14. The van der Waals surface area contributed by atoms with Crippen molar-refractivity contribution in [3.63, 3.8) is 0 Å². The third kappa shape index (κ3) is 3.36. The van der Waals surface area contributed by atoms with Gasteiger partial charge in [0.1, 0.15) is 0 Å². The molecule has 0 unspecified atom stereocenters. The first-order valence-electron chi connectivity index (χ1n) is 9.51. The van der Waals surface area contributed by atoms with Crippen LogP contribution in [-0.2, 0) is 16.4 Å². The van der Waals surface area contributed by atoms with E-state index in [2.05, 4.69) is 4.72 Å². The standard InChI is InChI=1S/C23H18N2O3S2/c26-23(22-6-3-13-29-22)25-12-11-17-7-9-19(15-21(17)25)24-30(27,28)20-10-8-16-4-1-2-5-18(16)14-20/h1-10,13-15,24H,11-12H2. The van der Waals surface area contributed by atoms with E-state index in [4.69, 9.17) is 0 Å². The van der Waals surface area contributed by atoms with Gasteiger partial charge in [-0.2, -0.15) is 0 Å². The summed E-state index contributed by atoms with van der Waals surface area (Å²) in [5.74, 6) is -0.0571. The van der Waals surface area contributed by atoms with E-state index in [1.165, 1.54) is 11.3 Å². The van der Waals surface area contributed by atoms with Crippen LogP contribution >= 0.6 is 11.3 Å². The molecule has 1 amide bonds. The first kappa shape index (κ1) is 18.8. The molecule has 2 heterocycles. The van der Waals surface area contributed by atoms with Gasteiger partial charge in [-0.05, 0) is 58.5 Å². The molecule has 0 saturated heterocycles. The van der Waals surface area contributed by atoms with Gasteiger partial charge < -0.3 is 4.90 Å². The Bertz CT molecular complexity index is 1360. The van der Waals surface area contributed by atoms with Crippen molar-refractivity contribution in [2.24, 2.45) is 0 Å². The lowest BCUT2D eigenvalue weighted by Gasteiger charge is -2.17. The number of thiophene rings is 1. The van der Waals surface area contributed by atoms with Crippen molar-refractivity contribution in [1.82, 2.24) is 0 Å². The SMILES string of the molecule is O=C(c1cccs1)N1CCc2ccc(NS(=O)(=O)c3ccc4ccccc4c3)cc21. The van der Waals surface area contributed by atoms with Crippen molar-refractivity contribution in [3.05, 3.63) is 88.6 Å². The summed E-state index contributed by atoms with van der Waals surface area (Å²) in [6, 6.07) is 21.7. The second kappa shape index (κ2) is 7.27. The van der Waals surface area contributed by atoms with Crippen LogP contribution in [0.2, 0.25) is 0 Å². The van der Waals surface area contributed by atoms with E-state index < -0.39 is 10.0 Å². The highest BCUT2D eigenvalue weighted by atomic mass is 32.2. The molecule has 0 atom stereocenters. The third-order valence-corrected chi connectivity index (χ3v) is 7.48. The molecular formula is C23H18N2O3S2. The van der Waals surface area contributed by atoms with Gasteiger partial charge in [0.2, 0.25) is 0 Å². The number of fused-ring (bicyclic) bond motifs is 2. The van der Waals surface area contributed by atoms with Crippen molar-refractivity contribution in [2.75, 3.05) is 16.2 Å². The van der Waals surface area contributed by atoms with Gasteiger partial charge in [-0.15, -0.1) is 11.3 Å². The van der Waals surface area contributed by atoms with Crippen LogP contribution in [0.5, 0.6) is 0 Å². The maximum absolute atomic E-state index is 13.0. The molecule has 150 valence electrons.